The largest absolute Gasteiger partial charge is 0.486 e. The number of amides is 1. The number of esters is 1. The van der Waals surface area contributed by atoms with Crippen molar-refractivity contribution in [2.24, 2.45) is 0 Å². The Labute approximate surface area is 199 Å². The van der Waals surface area contributed by atoms with Crippen molar-refractivity contribution in [3.05, 3.63) is 54.1 Å². The topological polar surface area (TPSA) is 111 Å². The summed E-state index contributed by atoms with van der Waals surface area (Å²) >= 11 is 0. The van der Waals surface area contributed by atoms with Crippen LogP contribution in [0.2, 0.25) is 0 Å². The van der Waals surface area contributed by atoms with E-state index in [2.05, 4.69) is 5.32 Å². The average Bonchev–Trinajstić information content (AvgIpc) is 2.87. The standard InChI is InChI=1S/C24H28N2O7S/c1-17(18-10-11-21-22(15-18)32-14-13-31-21)25-23(27)16-33-24(28)20-9-5-6-12-26(20)34(29,30)19-7-3-2-4-8-19/h2-4,7-8,10-11,15,17,20H,5-6,9,12-14,16H2,1H3,(H,25,27). The second-order valence-corrected chi connectivity index (χ2v) is 10.1. The number of carbonyl (C=O) groups excluding carboxylic acids is 2. The molecule has 0 radical (unpaired) electrons. The molecule has 0 aromatic heterocycles. The van der Waals surface area contributed by atoms with Gasteiger partial charge in [-0.05, 0) is 56.0 Å². The minimum Gasteiger partial charge on any atom is -0.486 e. The van der Waals surface area contributed by atoms with Gasteiger partial charge in [0.15, 0.2) is 18.1 Å². The van der Waals surface area contributed by atoms with E-state index in [9.17, 15) is 18.0 Å². The summed E-state index contributed by atoms with van der Waals surface area (Å²) in [5.41, 5.74) is 0.816. The number of fused-ring (bicyclic) bond motifs is 1. The first kappa shape index (κ1) is 24.0. The summed E-state index contributed by atoms with van der Waals surface area (Å²) in [5.74, 6) is 0.0728. The molecule has 2 heterocycles. The maximum absolute atomic E-state index is 13.1. The first-order valence-electron chi connectivity index (χ1n) is 11.3. The average molecular weight is 489 g/mol. The van der Waals surface area contributed by atoms with Crippen molar-refractivity contribution in [2.45, 2.75) is 43.2 Å². The maximum Gasteiger partial charge on any atom is 0.324 e. The summed E-state index contributed by atoms with van der Waals surface area (Å²) in [5, 5.41) is 2.78. The van der Waals surface area contributed by atoms with Gasteiger partial charge < -0.3 is 19.5 Å². The normalized spacial score (nSPS) is 19.1. The third kappa shape index (κ3) is 5.34. The summed E-state index contributed by atoms with van der Waals surface area (Å²) in [6.07, 6.45) is 1.71. The zero-order chi connectivity index (χ0) is 24.1. The van der Waals surface area contributed by atoms with Crippen LogP contribution in [-0.4, -0.2) is 57.0 Å². The van der Waals surface area contributed by atoms with Gasteiger partial charge in [0.25, 0.3) is 5.91 Å². The van der Waals surface area contributed by atoms with Crippen LogP contribution < -0.4 is 14.8 Å². The molecule has 182 valence electrons. The Balaban J connectivity index is 1.35. The Kier molecular flexibility index (Phi) is 7.38. The van der Waals surface area contributed by atoms with Crippen LogP contribution in [-0.2, 0) is 24.3 Å². The SMILES string of the molecule is CC(NC(=O)COC(=O)C1CCCCN1S(=O)(=O)c1ccccc1)c1ccc2c(c1)OCCO2. The van der Waals surface area contributed by atoms with E-state index >= 15 is 0 Å². The highest BCUT2D eigenvalue weighted by molar-refractivity contribution is 7.89. The minimum atomic E-state index is -3.85. The number of hydrogen-bond acceptors (Lipinski definition) is 7. The zero-order valence-corrected chi connectivity index (χ0v) is 19.8. The monoisotopic (exact) mass is 488 g/mol. The van der Waals surface area contributed by atoms with Gasteiger partial charge >= 0.3 is 5.97 Å². The summed E-state index contributed by atoms with van der Waals surface area (Å²) in [4.78, 5) is 25.3. The van der Waals surface area contributed by atoms with Crippen LogP contribution in [0.25, 0.3) is 0 Å². The molecule has 4 rings (SSSR count). The van der Waals surface area contributed by atoms with Gasteiger partial charge in [0.1, 0.15) is 19.3 Å². The highest BCUT2D eigenvalue weighted by Gasteiger charge is 2.38. The Morgan fingerprint density at radius 1 is 1.09 bits per heavy atom. The lowest BCUT2D eigenvalue weighted by atomic mass is 10.1. The van der Waals surface area contributed by atoms with Crippen molar-refractivity contribution in [1.29, 1.82) is 0 Å². The van der Waals surface area contributed by atoms with Gasteiger partial charge in [-0.15, -0.1) is 0 Å². The molecule has 2 unspecified atom stereocenters. The Bertz CT molecular complexity index is 1140. The number of carbonyl (C=O) groups is 2. The molecular weight excluding hydrogens is 460 g/mol. The third-order valence-electron chi connectivity index (χ3n) is 5.86. The number of piperidine rings is 1. The van der Waals surface area contributed by atoms with E-state index in [0.29, 0.717) is 44.0 Å². The predicted octanol–water partition coefficient (Wildman–Crippen LogP) is 2.42. The van der Waals surface area contributed by atoms with E-state index in [0.717, 1.165) is 5.56 Å². The molecule has 9 nitrogen and oxygen atoms in total. The fraction of sp³-hybridized carbons (Fsp3) is 0.417. The lowest BCUT2D eigenvalue weighted by molar-refractivity contribution is -0.153. The predicted molar refractivity (Wildman–Crippen MR) is 123 cm³/mol. The Hall–Kier alpha value is -3.11. The first-order chi connectivity index (χ1) is 16.4. The van der Waals surface area contributed by atoms with E-state index in [1.807, 2.05) is 6.07 Å². The molecule has 0 saturated carbocycles. The minimum absolute atomic E-state index is 0.126. The quantitative estimate of drug-likeness (QED) is 0.596. The summed E-state index contributed by atoms with van der Waals surface area (Å²) < 4.78 is 43.6. The number of nitrogens with one attached hydrogen (secondary N) is 1. The molecule has 1 fully saturated rings. The van der Waals surface area contributed by atoms with Crippen LogP contribution in [0.15, 0.2) is 53.4 Å². The summed E-state index contributed by atoms with van der Waals surface area (Å²) in [6.45, 7) is 2.49. The van der Waals surface area contributed by atoms with E-state index in [4.69, 9.17) is 14.2 Å². The Morgan fingerprint density at radius 2 is 1.82 bits per heavy atom. The van der Waals surface area contributed by atoms with Crippen molar-refractivity contribution in [3.8, 4) is 11.5 Å². The van der Waals surface area contributed by atoms with Crippen LogP contribution in [0.3, 0.4) is 0 Å². The highest BCUT2D eigenvalue weighted by Crippen LogP contribution is 2.32. The summed E-state index contributed by atoms with van der Waals surface area (Å²) in [6, 6.07) is 12.1. The molecule has 0 bridgehead atoms. The van der Waals surface area contributed by atoms with E-state index in [1.54, 1.807) is 37.3 Å². The Morgan fingerprint density at radius 3 is 2.59 bits per heavy atom. The van der Waals surface area contributed by atoms with Crippen LogP contribution in [0.4, 0.5) is 0 Å². The number of ether oxygens (including phenoxy) is 3. The fourth-order valence-corrected chi connectivity index (χ4v) is 5.75. The van der Waals surface area contributed by atoms with Crippen molar-refractivity contribution in [1.82, 2.24) is 9.62 Å². The second kappa shape index (κ2) is 10.4. The smallest absolute Gasteiger partial charge is 0.324 e. The van der Waals surface area contributed by atoms with Gasteiger partial charge in [-0.1, -0.05) is 24.3 Å². The molecule has 2 aromatic rings. The van der Waals surface area contributed by atoms with Crippen molar-refractivity contribution < 1.29 is 32.2 Å². The fourth-order valence-electron chi connectivity index (χ4n) is 4.08. The molecule has 2 atom stereocenters. The molecule has 2 aliphatic rings. The molecular formula is C24H28N2O7S. The molecule has 2 aliphatic heterocycles. The first-order valence-corrected chi connectivity index (χ1v) is 12.7. The van der Waals surface area contributed by atoms with E-state index in [1.165, 1.54) is 16.4 Å². The lowest BCUT2D eigenvalue weighted by Crippen LogP contribution is -2.49. The van der Waals surface area contributed by atoms with Gasteiger partial charge in [0, 0.05) is 6.54 Å². The molecule has 34 heavy (non-hydrogen) atoms. The van der Waals surface area contributed by atoms with Crippen LogP contribution in [0, 0.1) is 0 Å². The van der Waals surface area contributed by atoms with Crippen LogP contribution in [0.1, 0.15) is 37.8 Å². The van der Waals surface area contributed by atoms with Crippen molar-refractivity contribution in [2.75, 3.05) is 26.4 Å². The van der Waals surface area contributed by atoms with Gasteiger partial charge in [-0.2, -0.15) is 4.31 Å². The molecule has 1 N–H and O–H groups in total. The van der Waals surface area contributed by atoms with Crippen molar-refractivity contribution in [3.63, 3.8) is 0 Å². The van der Waals surface area contributed by atoms with E-state index < -0.39 is 34.5 Å². The third-order valence-corrected chi connectivity index (χ3v) is 7.79. The number of sulfonamides is 1. The highest BCUT2D eigenvalue weighted by atomic mass is 32.2. The molecule has 1 amide bonds. The van der Waals surface area contributed by atoms with Gasteiger partial charge in [-0.3, -0.25) is 9.59 Å². The van der Waals surface area contributed by atoms with Gasteiger partial charge in [0.05, 0.1) is 10.9 Å². The molecule has 2 aromatic carbocycles. The lowest BCUT2D eigenvalue weighted by Gasteiger charge is -2.33. The molecule has 1 saturated heterocycles. The van der Waals surface area contributed by atoms with Gasteiger partial charge in [-0.25, -0.2) is 8.42 Å². The van der Waals surface area contributed by atoms with Crippen LogP contribution in [0.5, 0.6) is 11.5 Å². The molecule has 0 spiro atoms. The number of hydrogen-bond donors (Lipinski definition) is 1. The van der Waals surface area contributed by atoms with E-state index in [-0.39, 0.29) is 17.5 Å². The summed E-state index contributed by atoms with van der Waals surface area (Å²) in [7, 11) is -3.85. The van der Waals surface area contributed by atoms with Gasteiger partial charge in [0.2, 0.25) is 10.0 Å². The number of benzene rings is 2. The number of nitrogens with zero attached hydrogens (tertiary/aromatic N) is 1. The second-order valence-electron chi connectivity index (χ2n) is 8.24. The number of rotatable bonds is 7. The van der Waals surface area contributed by atoms with Crippen LogP contribution >= 0.6 is 0 Å². The maximum atomic E-state index is 13.1. The van der Waals surface area contributed by atoms with Crippen molar-refractivity contribution >= 4 is 21.9 Å². The zero-order valence-electron chi connectivity index (χ0n) is 18.9. The molecule has 10 heteroatoms. The molecule has 0 aliphatic carbocycles.